The van der Waals surface area contributed by atoms with Crippen LogP contribution in [0.1, 0.15) is 24.8 Å². The quantitative estimate of drug-likeness (QED) is 0.894. The second-order valence-corrected chi connectivity index (χ2v) is 5.93. The van der Waals surface area contributed by atoms with E-state index in [9.17, 15) is 9.59 Å². The number of carbonyl (C=O) groups excluding carboxylic acids is 1. The van der Waals surface area contributed by atoms with E-state index >= 15 is 0 Å². The summed E-state index contributed by atoms with van der Waals surface area (Å²) in [6.07, 6.45) is 1.68. The van der Waals surface area contributed by atoms with Crippen LogP contribution in [0.4, 0.5) is 11.4 Å². The van der Waals surface area contributed by atoms with Crippen LogP contribution in [0.2, 0.25) is 0 Å². The van der Waals surface area contributed by atoms with E-state index in [2.05, 4.69) is 5.32 Å². The van der Waals surface area contributed by atoms with E-state index in [0.717, 1.165) is 16.9 Å². The molecule has 1 aromatic rings. The van der Waals surface area contributed by atoms with Gasteiger partial charge in [0.05, 0.1) is 5.92 Å². The van der Waals surface area contributed by atoms with Crippen molar-refractivity contribution in [3.8, 4) is 0 Å². The fraction of sp³-hybridized carbons (Fsp3) is 0.500. The Morgan fingerprint density at radius 2 is 1.90 bits per heavy atom. The topological polar surface area (TPSA) is 69.6 Å². The molecule has 114 valence electrons. The van der Waals surface area contributed by atoms with E-state index in [1.54, 1.807) is 0 Å². The zero-order chi connectivity index (χ0) is 15.6. The lowest BCUT2D eigenvalue weighted by atomic mass is 10.0. The van der Waals surface area contributed by atoms with Gasteiger partial charge < -0.3 is 15.3 Å². The monoisotopic (exact) mass is 290 g/mol. The Balaban J connectivity index is 2.02. The molecule has 1 aliphatic rings. The van der Waals surface area contributed by atoms with Crippen molar-refractivity contribution < 1.29 is 14.7 Å². The second kappa shape index (κ2) is 6.16. The average Bonchev–Trinajstić information content (AvgIpc) is 2.90. The SMILES string of the molecule is Cc1cc(N(C)C)ccc1NC(=O)[C@@H]1CC[C@H](C(=O)O)C1. The van der Waals surface area contributed by atoms with Crippen molar-refractivity contribution in [2.45, 2.75) is 26.2 Å². The molecule has 5 nitrogen and oxygen atoms in total. The van der Waals surface area contributed by atoms with Crippen LogP contribution in [0.3, 0.4) is 0 Å². The smallest absolute Gasteiger partial charge is 0.306 e. The van der Waals surface area contributed by atoms with Crippen LogP contribution in [0.25, 0.3) is 0 Å². The zero-order valence-corrected chi connectivity index (χ0v) is 12.7. The molecule has 1 aromatic carbocycles. The Bertz CT molecular complexity index is 554. The number of anilines is 2. The molecule has 0 heterocycles. The zero-order valence-electron chi connectivity index (χ0n) is 12.7. The first-order chi connectivity index (χ1) is 9.88. The van der Waals surface area contributed by atoms with Gasteiger partial charge in [0, 0.05) is 31.4 Å². The van der Waals surface area contributed by atoms with Gasteiger partial charge >= 0.3 is 5.97 Å². The number of carboxylic acids is 1. The number of nitrogens with zero attached hydrogens (tertiary/aromatic N) is 1. The van der Waals surface area contributed by atoms with Gasteiger partial charge in [-0.05, 0) is 49.9 Å². The number of amides is 1. The summed E-state index contributed by atoms with van der Waals surface area (Å²) >= 11 is 0. The molecule has 2 N–H and O–H groups in total. The molecule has 1 aliphatic carbocycles. The average molecular weight is 290 g/mol. The van der Waals surface area contributed by atoms with E-state index in [1.165, 1.54) is 0 Å². The van der Waals surface area contributed by atoms with E-state index in [1.807, 2.05) is 44.1 Å². The van der Waals surface area contributed by atoms with Crippen molar-refractivity contribution in [1.82, 2.24) is 0 Å². The van der Waals surface area contributed by atoms with Gasteiger partial charge in [0.25, 0.3) is 0 Å². The minimum absolute atomic E-state index is 0.0700. The number of carbonyl (C=O) groups is 2. The maximum atomic E-state index is 12.2. The molecule has 1 saturated carbocycles. The van der Waals surface area contributed by atoms with Crippen molar-refractivity contribution in [2.75, 3.05) is 24.3 Å². The van der Waals surface area contributed by atoms with E-state index in [0.29, 0.717) is 19.3 Å². The maximum absolute atomic E-state index is 12.2. The minimum atomic E-state index is -0.795. The molecule has 21 heavy (non-hydrogen) atoms. The maximum Gasteiger partial charge on any atom is 0.306 e. The van der Waals surface area contributed by atoms with Crippen molar-refractivity contribution in [1.29, 1.82) is 0 Å². The number of rotatable bonds is 4. The summed E-state index contributed by atoms with van der Waals surface area (Å²) in [4.78, 5) is 25.2. The van der Waals surface area contributed by atoms with Gasteiger partial charge in [-0.15, -0.1) is 0 Å². The minimum Gasteiger partial charge on any atom is -0.481 e. The third kappa shape index (κ3) is 3.54. The van der Waals surface area contributed by atoms with E-state index in [4.69, 9.17) is 5.11 Å². The number of carboxylic acid groups (broad SMARTS) is 1. The summed E-state index contributed by atoms with van der Waals surface area (Å²) in [7, 11) is 3.94. The van der Waals surface area contributed by atoms with Crippen LogP contribution in [-0.4, -0.2) is 31.1 Å². The molecule has 2 atom stereocenters. The van der Waals surface area contributed by atoms with Crippen LogP contribution in [0.5, 0.6) is 0 Å². The molecular weight excluding hydrogens is 268 g/mol. The third-order valence-electron chi connectivity index (χ3n) is 4.14. The molecule has 0 aromatic heterocycles. The number of aliphatic carboxylic acids is 1. The number of aryl methyl sites for hydroxylation is 1. The van der Waals surface area contributed by atoms with Crippen molar-refractivity contribution in [3.63, 3.8) is 0 Å². The molecule has 1 amide bonds. The fourth-order valence-corrected chi connectivity index (χ4v) is 2.75. The number of hydrogen-bond donors (Lipinski definition) is 2. The number of benzene rings is 1. The van der Waals surface area contributed by atoms with Gasteiger partial charge in [-0.25, -0.2) is 0 Å². The lowest BCUT2D eigenvalue weighted by molar-refractivity contribution is -0.141. The molecule has 0 radical (unpaired) electrons. The van der Waals surface area contributed by atoms with Crippen LogP contribution in [0, 0.1) is 18.8 Å². The molecular formula is C16H22N2O3. The van der Waals surface area contributed by atoms with Gasteiger partial charge in [0.2, 0.25) is 5.91 Å². The highest BCUT2D eigenvalue weighted by atomic mass is 16.4. The van der Waals surface area contributed by atoms with Crippen LogP contribution >= 0.6 is 0 Å². The first-order valence-electron chi connectivity index (χ1n) is 7.20. The van der Waals surface area contributed by atoms with Gasteiger partial charge in [0.1, 0.15) is 0 Å². The van der Waals surface area contributed by atoms with Gasteiger partial charge in [0.15, 0.2) is 0 Å². The van der Waals surface area contributed by atoms with E-state index in [-0.39, 0.29) is 17.7 Å². The standard InChI is InChI=1S/C16H22N2O3/c1-10-8-13(18(2)3)6-7-14(10)17-15(19)11-4-5-12(9-11)16(20)21/h6-8,11-12H,4-5,9H2,1-3H3,(H,17,19)(H,20,21)/t11-,12+/m1/s1. The molecule has 0 spiro atoms. The Labute approximate surface area is 125 Å². The molecule has 0 unspecified atom stereocenters. The molecule has 0 saturated heterocycles. The molecule has 1 fully saturated rings. The van der Waals surface area contributed by atoms with Crippen LogP contribution in [0.15, 0.2) is 18.2 Å². The normalized spacial score (nSPS) is 21.1. The highest BCUT2D eigenvalue weighted by Crippen LogP contribution is 2.32. The van der Waals surface area contributed by atoms with E-state index < -0.39 is 5.97 Å². The summed E-state index contributed by atoms with van der Waals surface area (Å²) in [5.74, 6) is -1.44. The summed E-state index contributed by atoms with van der Waals surface area (Å²) in [5.41, 5.74) is 2.88. The molecule has 0 bridgehead atoms. The summed E-state index contributed by atoms with van der Waals surface area (Å²) < 4.78 is 0. The van der Waals surface area contributed by atoms with Crippen LogP contribution < -0.4 is 10.2 Å². The fourth-order valence-electron chi connectivity index (χ4n) is 2.75. The second-order valence-electron chi connectivity index (χ2n) is 5.93. The summed E-state index contributed by atoms with van der Waals surface area (Å²) in [6, 6.07) is 5.87. The summed E-state index contributed by atoms with van der Waals surface area (Å²) in [5, 5.41) is 11.9. The highest BCUT2D eigenvalue weighted by molar-refractivity contribution is 5.94. The van der Waals surface area contributed by atoms with Crippen LogP contribution in [-0.2, 0) is 9.59 Å². The Morgan fingerprint density at radius 3 is 2.43 bits per heavy atom. The van der Waals surface area contributed by atoms with Gasteiger partial charge in [-0.1, -0.05) is 0 Å². The number of hydrogen-bond acceptors (Lipinski definition) is 3. The largest absolute Gasteiger partial charge is 0.481 e. The summed E-state index contributed by atoms with van der Waals surface area (Å²) in [6.45, 7) is 1.96. The highest BCUT2D eigenvalue weighted by Gasteiger charge is 2.33. The predicted molar refractivity (Wildman–Crippen MR) is 82.6 cm³/mol. The lowest BCUT2D eigenvalue weighted by Crippen LogP contribution is -2.22. The first kappa shape index (κ1) is 15.4. The Morgan fingerprint density at radius 1 is 1.24 bits per heavy atom. The van der Waals surface area contributed by atoms with Gasteiger partial charge in [-0.2, -0.15) is 0 Å². The molecule has 5 heteroatoms. The molecule has 2 rings (SSSR count). The van der Waals surface area contributed by atoms with Gasteiger partial charge in [-0.3, -0.25) is 9.59 Å². The number of nitrogens with one attached hydrogen (secondary N) is 1. The molecule has 0 aliphatic heterocycles. The Hall–Kier alpha value is -2.04. The van der Waals surface area contributed by atoms with Crippen molar-refractivity contribution in [2.24, 2.45) is 11.8 Å². The first-order valence-corrected chi connectivity index (χ1v) is 7.20. The predicted octanol–water partition coefficient (Wildman–Crippen LogP) is 2.50. The van der Waals surface area contributed by atoms with Crippen molar-refractivity contribution in [3.05, 3.63) is 23.8 Å². The van der Waals surface area contributed by atoms with Crippen molar-refractivity contribution >= 4 is 23.3 Å². The lowest BCUT2D eigenvalue weighted by Gasteiger charge is -2.17. The Kier molecular flexibility index (Phi) is 4.50. The third-order valence-corrected chi connectivity index (χ3v) is 4.14.